The largest absolute Gasteiger partial charge is 0.456 e. The van der Waals surface area contributed by atoms with Crippen molar-refractivity contribution in [2.75, 3.05) is 0 Å². The highest BCUT2D eigenvalue weighted by molar-refractivity contribution is 6.13. The lowest BCUT2D eigenvalue weighted by Crippen LogP contribution is -2.16. The second-order valence-corrected chi connectivity index (χ2v) is 10.2. The van der Waals surface area contributed by atoms with Gasteiger partial charge in [-0.05, 0) is 52.6 Å². The summed E-state index contributed by atoms with van der Waals surface area (Å²) >= 11 is 0. The highest BCUT2D eigenvalue weighted by Gasteiger charge is 2.38. The van der Waals surface area contributed by atoms with Gasteiger partial charge in [0, 0.05) is 32.6 Å². The summed E-state index contributed by atoms with van der Waals surface area (Å²) in [6, 6.07) is 37.2. The van der Waals surface area contributed by atoms with Gasteiger partial charge >= 0.3 is 0 Å². The van der Waals surface area contributed by atoms with Crippen LogP contribution in [0.3, 0.4) is 0 Å². The Hall–Kier alpha value is -4.30. The molecule has 2 heterocycles. The van der Waals surface area contributed by atoms with E-state index in [-0.39, 0.29) is 5.41 Å². The first-order valence-corrected chi connectivity index (χ1v) is 12.2. The van der Waals surface area contributed by atoms with Crippen molar-refractivity contribution in [3.05, 3.63) is 114 Å². The molecule has 1 aliphatic carbocycles. The molecular formula is C33H23NO. The molecular weight excluding hydrogens is 426 g/mol. The summed E-state index contributed by atoms with van der Waals surface area (Å²) in [6.45, 7) is 4.73. The first-order chi connectivity index (χ1) is 17.1. The minimum atomic E-state index is -0.0933. The Morgan fingerprint density at radius 3 is 2.26 bits per heavy atom. The van der Waals surface area contributed by atoms with E-state index < -0.39 is 0 Å². The molecule has 0 unspecified atom stereocenters. The van der Waals surface area contributed by atoms with Crippen molar-refractivity contribution in [3.8, 4) is 16.8 Å². The minimum absolute atomic E-state index is 0.0933. The fourth-order valence-electron chi connectivity index (χ4n) is 6.43. The van der Waals surface area contributed by atoms with Crippen LogP contribution in [0, 0.1) is 0 Å². The molecule has 1 aliphatic rings. The average molecular weight is 450 g/mol. The van der Waals surface area contributed by atoms with Crippen molar-refractivity contribution in [2.45, 2.75) is 19.3 Å². The Morgan fingerprint density at radius 1 is 0.600 bits per heavy atom. The maximum absolute atomic E-state index is 6.14. The first-order valence-electron chi connectivity index (χ1n) is 12.2. The zero-order valence-corrected chi connectivity index (χ0v) is 19.7. The molecule has 0 N–H and O–H groups in total. The molecule has 2 heteroatoms. The normalized spacial score (nSPS) is 14.2. The van der Waals surface area contributed by atoms with Gasteiger partial charge in [0.2, 0.25) is 0 Å². The summed E-state index contributed by atoms with van der Waals surface area (Å²) in [7, 11) is 0. The number of fused-ring (bicyclic) bond motifs is 10. The van der Waals surface area contributed by atoms with Crippen molar-refractivity contribution >= 4 is 43.7 Å². The van der Waals surface area contributed by atoms with Crippen LogP contribution < -0.4 is 0 Å². The lowest BCUT2D eigenvalue weighted by atomic mass is 9.81. The third kappa shape index (κ3) is 2.34. The lowest BCUT2D eigenvalue weighted by Gasteiger charge is -2.23. The summed E-state index contributed by atoms with van der Waals surface area (Å²) in [4.78, 5) is 0. The van der Waals surface area contributed by atoms with E-state index in [0.717, 1.165) is 27.6 Å². The van der Waals surface area contributed by atoms with Crippen molar-refractivity contribution in [1.82, 2.24) is 4.57 Å². The first kappa shape index (κ1) is 19.1. The molecule has 0 saturated carbocycles. The second-order valence-electron chi connectivity index (χ2n) is 10.2. The van der Waals surface area contributed by atoms with Crippen LogP contribution in [0.2, 0.25) is 0 Å². The van der Waals surface area contributed by atoms with Gasteiger partial charge in [-0.15, -0.1) is 0 Å². The number of nitrogens with zero attached hydrogens (tertiary/aromatic N) is 1. The molecule has 35 heavy (non-hydrogen) atoms. The summed E-state index contributed by atoms with van der Waals surface area (Å²) in [6.07, 6.45) is 0. The van der Waals surface area contributed by atoms with E-state index in [4.69, 9.17) is 4.42 Å². The molecule has 0 fully saturated rings. The van der Waals surface area contributed by atoms with Gasteiger partial charge in [0.05, 0.1) is 11.0 Å². The molecule has 0 saturated heterocycles. The van der Waals surface area contributed by atoms with Crippen LogP contribution >= 0.6 is 0 Å². The maximum Gasteiger partial charge on any atom is 0.135 e. The highest BCUT2D eigenvalue weighted by Crippen LogP contribution is 2.52. The number of furan rings is 1. The molecule has 166 valence electrons. The highest BCUT2D eigenvalue weighted by atomic mass is 16.3. The topological polar surface area (TPSA) is 18.1 Å². The number of hydrogen-bond acceptors (Lipinski definition) is 1. The van der Waals surface area contributed by atoms with Gasteiger partial charge in [-0.3, -0.25) is 0 Å². The zero-order chi connectivity index (χ0) is 23.3. The van der Waals surface area contributed by atoms with Gasteiger partial charge < -0.3 is 8.98 Å². The van der Waals surface area contributed by atoms with E-state index >= 15 is 0 Å². The third-order valence-electron chi connectivity index (χ3n) is 7.97. The molecule has 0 amide bonds. The monoisotopic (exact) mass is 449 g/mol. The van der Waals surface area contributed by atoms with Crippen LogP contribution in [-0.4, -0.2) is 4.57 Å². The summed E-state index contributed by atoms with van der Waals surface area (Å²) in [5, 5.41) is 4.90. The predicted octanol–water partition coefficient (Wildman–Crippen LogP) is 8.99. The van der Waals surface area contributed by atoms with Gasteiger partial charge in [-0.1, -0.05) is 86.6 Å². The van der Waals surface area contributed by atoms with Gasteiger partial charge in [0.25, 0.3) is 0 Å². The molecule has 0 radical (unpaired) electrons. The van der Waals surface area contributed by atoms with E-state index in [2.05, 4.69) is 109 Å². The fourth-order valence-corrected chi connectivity index (χ4v) is 6.43. The lowest BCUT2D eigenvalue weighted by molar-refractivity contribution is 0.663. The Kier molecular flexibility index (Phi) is 3.50. The number of benzene rings is 5. The Balaban J connectivity index is 1.55. The summed E-state index contributed by atoms with van der Waals surface area (Å²) in [5.74, 6) is 0. The molecule has 5 aromatic carbocycles. The fraction of sp³-hybridized carbons (Fsp3) is 0.0909. The van der Waals surface area contributed by atoms with Crippen LogP contribution in [0.5, 0.6) is 0 Å². The standard InChI is InChI=1S/C33H23NO/c1-33(2)27-12-6-3-9-21(27)24-16-17-25-22-10-4-7-13-28(22)34(32(25)31(24)33)20-15-18-30-26(19-20)23-11-5-8-14-29(23)35-30/h3-19H,1-2H3. The molecule has 0 bridgehead atoms. The number of aromatic nitrogens is 1. The Labute approximate surface area is 203 Å². The second kappa shape index (κ2) is 6.43. The van der Waals surface area contributed by atoms with Crippen LogP contribution in [0.15, 0.2) is 108 Å². The SMILES string of the molecule is CC1(C)c2ccccc2-c2ccc3c4ccccc4n(-c4ccc5oc6ccccc6c5c4)c3c21. The van der Waals surface area contributed by atoms with Gasteiger partial charge in [0.1, 0.15) is 11.2 Å². The third-order valence-corrected chi connectivity index (χ3v) is 7.97. The van der Waals surface area contributed by atoms with Gasteiger partial charge in [-0.2, -0.15) is 0 Å². The molecule has 2 nitrogen and oxygen atoms in total. The minimum Gasteiger partial charge on any atom is -0.456 e. The Bertz CT molecular complexity index is 1980. The smallest absolute Gasteiger partial charge is 0.135 e. The number of hydrogen-bond donors (Lipinski definition) is 0. The maximum atomic E-state index is 6.14. The van der Waals surface area contributed by atoms with Crippen LogP contribution in [0.4, 0.5) is 0 Å². The molecule has 7 aromatic rings. The van der Waals surface area contributed by atoms with Crippen LogP contribution in [0.1, 0.15) is 25.0 Å². The van der Waals surface area contributed by atoms with E-state index in [9.17, 15) is 0 Å². The van der Waals surface area contributed by atoms with Gasteiger partial charge in [-0.25, -0.2) is 0 Å². The zero-order valence-electron chi connectivity index (χ0n) is 19.7. The molecule has 2 aromatic heterocycles. The summed E-state index contributed by atoms with van der Waals surface area (Å²) < 4.78 is 8.61. The van der Waals surface area contributed by atoms with E-state index in [1.165, 1.54) is 44.1 Å². The molecule has 0 aliphatic heterocycles. The number of rotatable bonds is 1. The van der Waals surface area contributed by atoms with E-state index in [1.54, 1.807) is 0 Å². The van der Waals surface area contributed by atoms with Crippen molar-refractivity contribution < 1.29 is 4.42 Å². The Morgan fingerprint density at radius 2 is 1.34 bits per heavy atom. The van der Waals surface area contributed by atoms with Crippen molar-refractivity contribution in [1.29, 1.82) is 0 Å². The molecule has 8 rings (SSSR count). The van der Waals surface area contributed by atoms with E-state index in [1.807, 2.05) is 12.1 Å². The number of para-hydroxylation sites is 2. The van der Waals surface area contributed by atoms with Crippen LogP contribution in [0.25, 0.3) is 60.6 Å². The molecule has 0 spiro atoms. The van der Waals surface area contributed by atoms with Crippen molar-refractivity contribution in [3.63, 3.8) is 0 Å². The predicted molar refractivity (Wildman–Crippen MR) is 146 cm³/mol. The van der Waals surface area contributed by atoms with E-state index in [0.29, 0.717) is 0 Å². The summed E-state index contributed by atoms with van der Waals surface area (Å²) in [5.41, 5.74) is 11.0. The van der Waals surface area contributed by atoms with Crippen molar-refractivity contribution in [2.24, 2.45) is 0 Å². The van der Waals surface area contributed by atoms with Gasteiger partial charge in [0.15, 0.2) is 0 Å². The average Bonchev–Trinajstić information content (AvgIpc) is 3.50. The quantitative estimate of drug-likeness (QED) is 0.244. The molecule has 0 atom stereocenters. The van der Waals surface area contributed by atoms with Crippen LogP contribution in [-0.2, 0) is 5.41 Å².